The summed E-state index contributed by atoms with van der Waals surface area (Å²) in [4.78, 5) is 1.72. The number of nitrogens with one attached hydrogen (secondary N) is 2. The maximum Gasteiger partial charge on any atom is -0.00172 e. The molecule has 6 N–H and O–H groups in total. The third-order valence-electron chi connectivity index (χ3n) is 0. The molecule has 0 aliphatic carbocycles. The second-order valence-electron chi connectivity index (χ2n) is 0.398. The minimum atomic E-state index is 1.65. The van der Waals surface area contributed by atoms with E-state index in [1.165, 1.54) is 0 Å². The van der Waals surface area contributed by atoms with E-state index >= 15 is 0 Å². The Morgan fingerprint density at radius 3 is 1.50 bits per heavy atom. The number of rotatable bonds is 0. The summed E-state index contributed by atoms with van der Waals surface area (Å²) in [6.45, 7) is 0. The quantitative estimate of drug-likeness (QED) is 0.178. The normalized spacial score (nSPS) is 6.00. The summed E-state index contributed by atoms with van der Waals surface area (Å²) in [5, 5.41) is 0. The van der Waals surface area contributed by atoms with Crippen LogP contribution in [0.25, 0.3) is 0 Å². The zero-order chi connectivity index (χ0) is 5.41. The van der Waals surface area contributed by atoms with Crippen molar-refractivity contribution >= 4 is 11.8 Å². The lowest BCUT2D eigenvalue weighted by molar-refractivity contribution is 0.900. The molecule has 0 aromatic rings. The van der Waals surface area contributed by atoms with Crippen molar-refractivity contribution in [3.05, 3.63) is 0 Å². The van der Waals surface area contributed by atoms with E-state index in [4.69, 9.17) is 0 Å². The van der Waals surface area contributed by atoms with Crippen LogP contribution in [0, 0.1) is 0 Å². The van der Waals surface area contributed by atoms with Crippen molar-refractivity contribution in [3.8, 4) is 0 Å². The first-order chi connectivity index (χ1) is 2.83. The second-order valence-corrected chi connectivity index (χ2v) is 0.616. The average Bonchev–Trinajstić information content (AvgIpc) is 1.39. The Hall–Kier alpha value is 0.130. The Morgan fingerprint density at radius 2 is 1.50 bits per heavy atom. The zero-order valence-electron chi connectivity index (χ0n) is 3.53. The van der Waals surface area contributed by atoms with E-state index in [9.17, 15) is 0 Å². The summed E-state index contributed by atoms with van der Waals surface area (Å²) < 4.78 is 0. The van der Waals surface area contributed by atoms with Crippen LogP contribution in [0.15, 0.2) is 0 Å². The van der Waals surface area contributed by atoms with Crippen LogP contribution in [0.4, 0.5) is 0 Å². The lowest BCUT2D eigenvalue weighted by Gasteiger charge is -1.62. The first-order valence-electron chi connectivity index (χ1n) is 1.27. The fourth-order valence-electron chi connectivity index (χ4n) is 0. The molecule has 0 unspecified atom stereocenters. The van der Waals surface area contributed by atoms with Gasteiger partial charge in [-0.2, -0.15) is 4.94 Å². The molecule has 40 valence electrons. The van der Waals surface area contributed by atoms with Crippen LogP contribution in [0.5, 0.6) is 0 Å². The van der Waals surface area contributed by atoms with Crippen LogP contribution >= 0.6 is 11.8 Å². The molecule has 5 heteroatoms. The maximum atomic E-state index is 4.60. The lowest BCUT2D eigenvalue weighted by atomic mass is 11.5. The fourth-order valence-corrected chi connectivity index (χ4v) is 0. The van der Waals surface area contributed by atoms with Gasteiger partial charge in [-0.15, -0.1) is 0 Å². The van der Waals surface area contributed by atoms with Crippen LogP contribution in [0.2, 0.25) is 0 Å². The van der Waals surface area contributed by atoms with Gasteiger partial charge < -0.3 is 0 Å². The molecule has 0 aromatic heterocycles. The van der Waals surface area contributed by atoms with Gasteiger partial charge in [0.2, 0.25) is 0 Å². The highest BCUT2D eigenvalue weighted by atomic mass is 35.5. The summed E-state index contributed by atoms with van der Waals surface area (Å²) in [5.74, 6) is 8.96. The molecule has 0 atom stereocenters. The van der Waals surface area contributed by atoms with Crippen LogP contribution in [0.1, 0.15) is 0 Å². The molecule has 0 saturated carbocycles. The highest BCUT2D eigenvalue weighted by Gasteiger charge is 1.27. The lowest BCUT2D eigenvalue weighted by Crippen LogP contribution is -2.13. The number of hydrogen-bond donors (Lipinski definition) is 4. The van der Waals surface area contributed by atoms with Crippen LogP contribution in [-0.2, 0) is 0 Å². The van der Waals surface area contributed by atoms with E-state index in [0.717, 1.165) is 0 Å². The molecule has 0 amide bonds. The molecule has 0 aliphatic heterocycles. The van der Waals surface area contributed by atoms with Crippen molar-refractivity contribution in [2.24, 2.45) is 11.7 Å². The van der Waals surface area contributed by atoms with Gasteiger partial charge in [0, 0.05) is 0 Å². The van der Waals surface area contributed by atoms with Gasteiger partial charge in [-0.3, -0.25) is 17.1 Å². The highest BCUT2D eigenvalue weighted by Crippen LogP contribution is 1.32. The fraction of sp³-hybridized carbons (Fsp3) is 1.00. The van der Waals surface area contributed by atoms with Gasteiger partial charge in [0.05, 0.1) is 0 Å². The first kappa shape index (κ1) is 9.46. The van der Waals surface area contributed by atoms with Crippen molar-refractivity contribution in [2.45, 2.75) is 0 Å². The number of nitrogens with two attached hydrogens (primary N) is 2. The Morgan fingerprint density at radius 1 is 1.50 bits per heavy atom. The van der Waals surface area contributed by atoms with Crippen LogP contribution in [-0.4, -0.2) is 7.05 Å². The molecule has 0 radical (unpaired) electrons. The van der Waals surface area contributed by atoms with Gasteiger partial charge in [0.15, 0.2) is 0 Å². The van der Waals surface area contributed by atoms with Crippen molar-refractivity contribution in [1.29, 1.82) is 0 Å². The summed E-state index contributed by atoms with van der Waals surface area (Å²) in [6, 6.07) is 0. The van der Waals surface area contributed by atoms with Crippen LogP contribution < -0.4 is 22.1 Å². The maximum absolute atomic E-state index is 4.60. The molecule has 6 heavy (non-hydrogen) atoms. The highest BCUT2D eigenvalue weighted by molar-refractivity contribution is 6.12. The molecule has 0 fully saturated rings. The molecule has 0 spiro atoms. The Balaban J connectivity index is 0. The average molecular weight is 113 g/mol. The smallest absolute Gasteiger partial charge is 0.00172 e. The standard InChI is InChI=1S/CH6N2.ClH3N2/c2*1-3-2/h3H,2H2,1H3;3H,2H2. The van der Waals surface area contributed by atoms with Crippen molar-refractivity contribution < 1.29 is 0 Å². The van der Waals surface area contributed by atoms with E-state index in [1.807, 2.05) is 0 Å². The van der Waals surface area contributed by atoms with E-state index in [2.05, 4.69) is 28.9 Å². The third kappa shape index (κ3) is 2390. The third-order valence-corrected chi connectivity index (χ3v) is 0. The molecule has 4 nitrogen and oxygen atoms in total. The van der Waals surface area contributed by atoms with Gasteiger partial charge in [-0.1, -0.05) is 0 Å². The number of hydrazine groups is 2. The molecule has 0 rings (SSSR count). The summed E-state index contributed by atoms with van der Waals surface area (Å²) >= 11 is 4.53. The zero-order valence-corrected chi connectivity index (χ0v) is 4.29. The van der Waals surface area contributed by atoms with Gasteiger partial charge in [0.1, 0.15) is 0 Å². The van der Waals surface area contributed by atoms with E-state index in [0.29, 0.717) is 0 Å². The summed E-state index contributed by atoms with van der Waals surface area (Å²) in [7, 11) is 1.65. The summed E-state index contributed by atoms with van der Waals surface area (Å²) in [6.07, 6.45) is 0. The van der Waals surface area contributed by atoms with Crippen molar-refractivity contribution in [2.75, 3.05) is 7.05 Å². The van der Waals surface area contributed by atoms with Crippen LogP contribution in [0.3, 0.4) is 0 Å². The van der Waals surface area contributed by atoms with Crippen molar-refractivity contribution in [1.82, 2.24) is 10.4 Å². The summed E-state index contributed by atoms with van der Waals surface area (Å²) in [5.41, 5.74) is 2.25. The first-order valence-corrected chi connectivity index (χ1v) is 1.64. The predicted molar refractivity (Wildman–Crippen MR) is 26.4 cm³/mol. The molecular weight excluding hydrogens is 103 g/mol. The van der Waals surface area contributed by atoms with Crippen molar-refractivity contribution in [3.63, 3.8) is 0 Å². The minimum Gasteiger partial charge on any atom is -0.272 e. The molecule has 0 bridgehead atoms. The van der Waals surface area contributed by atoms with E-state index in [1.54, 1.807) is 12.0 Å². The monoisotopic (exact) mass is 112 g/mol. The number of hydrogen-bond acceptors (Lipinski definition) is 4. The second kappa shape index (κ2) is 19.3. The van der Waals surface area contributed by atoms with Gasteiger partial charge in [-0.05, 0) is 18.8 Å². The van der Waals surface area contributed by atoms with E-state index in [-0.39, 0.29) is 0 Å². The molecule has 0 aliphatic rings. The Bertz CT molecular complexity index is 9.51. The molecule has 0 heterocycles. The van der Waals surface area contributed by atoms with E-state index < -0.39 is 0 Å². The van der Waals surface area contributed by atoms with Gasteiger partial charge in [-0.25, -0.2) is 0 Å². The topological polar surface area (TPSA) is 76.1 Å². The molecule has 0 aromatic carbocycles. The Labute approximate surface area is 41.9 Å². The molecular formula is CH9ClN4. The van der Waals surface area contributed by atoms with Gasteiger partial charge >= 0.3 is 0 Å². The predicted octanol–water partition coefficient (Wildman–Crippen LogP) is -1.32. The Kier molecular flexibility index (Phi) is 30.4. The number of halogens is 1. The minimum absolute atomic E-state index is 1.65. The molecule has 0 saturated heterocycles. The van der Waals surface area contributed by atoms with Gasteiger partial charge in [0.25, 0.3) is 0 Å². The largest absolute Gasteiger partial charge is 0.272 e. The SMILES string of the molecule is CNN.NNCl.